The Morgan fingerprint density at radius 3 is 2.45 bits per heavy atom. The predicted octanol–water partition coefficient (Wildman–Crippen LogP) is 1.75. The summed E-state index contributed by atoms with van der Waals surface area (Å²) >= 11 is 0. The highest BCUT2D eigenvalue weighted by Crippen LogP contribution is 2.23. The van der Waals surface area contributed by atoms with E-state index < -0.39 is 17.9 Å². The number of nitrogens with one attached hydrogen (secondary N) is 1. The van der Waals surface area contributed by atoms with Gasteiger partial charge in [0.15, 0.2) is 0 Å². The molecule has 2 heterocycles. The van der Waals surface area contributed by atoms with Gasteiger partial charge in [-0.05, 0) is 30.0 Å². The van der Waals surface area contributed by atoms with E-state index in [0.29, 0.717) is 26.1 Å². The number of carbonyl (C=O) groups excluding carboxylic acids is 4. The average molecular weight is 449 g/mol. The second-order valence-electron chi connectivity index (χ2n) is 8.36. The van der Waals surface area contributed by atoms with Crippen LogP contribution in [0.15, 0.2) is 54.6 Å². The third-order valence-corrected chi connectivity index (χ3v) is 6.22. The van der Waals surface area contributed by atoms with E-state index in [1.165, 1.54) is 0 Å². The first kappa shape index (κ1) is 22.5. The third kappa shape index (κ3) is 5.05. The van der Waals surface area contributed by atoms with E-state index in [4.69, 9.17) is 0 Å². The van der Waals surface area contributed by atoms with Crippen molar-refractivity contribution >= 4 is 23.8 Å². The van der Waals surface area contributed by atoms with Gasteiger partial charge in [0.2, 0.25) is 11.8 Å². The van der Waals surface area contributed by atoms with Crippen molar-refractivity contribution in [3.05, 3.63) is 60.2 Å². The van der Waals surface area contributed by atoms with Gasteiger partial charge < -0.3 is 15.1 Å². The molecule has 4 rings (SSSR count). The molecule has 0 spiro atoms. The summed E-state index contributed by atoms with van der Waals surface area (Å²) in [5.41, 5.74) is 3.20. The number of hydrogen-bond acceptors (Lipinski definition) is 4. The first-order valence-corrected chi connectivity index (χ1v) is 11.3. The van der Waals surface area contributed by atoms with Gasteiger partial charge >= 0.3 is 6.03 Å². The van der Waals surface area contributed by atoms with Crippen molar-refractivity contribution in [3.8, 4) is 11.1 Å². The molecule has 2 aliphatic heterocycles. The van der Waals surface area contributed by atoms with Crippen LogP contribution in [0.3, 0.4) is 0 Å². The quantitative estimate of drug-likeness (QED) is 0.682. The van der Waals surface area contributed by atoms with Crippen LogP contribution < -0.4 is 5.32 Å². The Bertz CT molecular complexity index is 1040. The van der Waals surface area contributed by atoms with Gasteiger partial charge in [-0.3, -0.25) is 19.3 Å². The zero-order valence-corrected chi connectivity index (χ0v) is 18.7. The SMILES string of the molecule is CCN1CCN(C(=O)CN2C(=O)CNC2=O)C[C@@H](Cc2cccc(-c3ccccc3)c2)C1=O. The van der Waals surface area contributed by atoms with Gasteiger partial charge in [-0.1, -0.05) is 54.6 Å². The maximum Gasteiger partial charge on any atom is 0.325 e. The summed E-state index contributed by atoms with van der Waals surface area (Å²) in [6.07, 6.45) is 0.503. The minimum absolute atomic E-state index is 0.0212. The molecule has 1 atom stereocenters. The van der Waals surface area contributed by atoms with E-state index in [1.54, 1.807) is 9.80 Å². The number of rotatable bonds is 6. The smallest absolute Gasteiger partial charge is 0.325 e. The predicted molar refractivity (Wildman–Crippen MR) is 123 cm³/mol. The summed E-state index contributed by atoms with van der Waals surface area (Å²) in [5, 5.41) is 2.43. The lowest BCUT2D eigenvalue weighted by Crippen LogP contribution is -2.45. The Kier molecular flexibility index (Phi) is 6.72. The van der Waals surface area contributed by atoms with Crippen LogP contribution in [0.2, 0.25) is 0 Å². The molecule has 1 N–H and O–H groups in total. The number of nitrogens with zero attached hydrogens (tertiary/aromatic N) is 3. The van der Waals surface area contributed by atoms with Gasteiger partial charge in [0, 0.05) is 26.2 Å². The van der Waals surface area contributed by atoms with E-state index >= 15 is 0 Å². The fourth-order valence-corrected chi connectivity index (χ4v) is 4.38. The van der Waals surface area contributed by atoms with Crippen molar-refractivity contribution < 1.29 is 19.2 Å². The molecule has 0 radical (unpaired) electrons. The molecule has 172 valence electrons. The van der Waals surface area contributed by atoms with Gasteiger partial charge in [-0.25, -0.2) is 4.79 Å². The molecule has 8 heteroatoms. The molecule has 2 aromatic rings. The van der Waals surface area contributed by atoms with E-state index in [9.17, 15) is 19.2 Å². The van der Waals surface area contributed by atoms with Gasteiger partial charge in [0.25, 0.3) is 5.91 Å². The number of likely N-dealkylation sites (N-methyl/N-ethyl adjacent to an activating group) is 1. The van der Waals surface area contributed by atoms with Crippen molar-refractivity contribution in [1.82, 2.24) is 20.0 Å². The molecular weight excluding hydrogens is 420 g/mol. The third-order valence-electron chi connectivity index (χ3n) is 6.22. The van der Waals surface area contributed by atoms with Gasteiger partial charge in [-0.15, -0.1) is 0 Å². The monoisotopic (exact) mass is 448 g/mol. The van der Waals surface area contributed by atoms with Crippen molar-refractivity contribution in [2.75, 3.05) is 39.3 Å². The minimum Gasteiger partial charge on any atom is -0.341 e. The van der Waals surface area contributed by atoms with Gasteiger partial charge in [-0.2, -0.15) is 0 Å². The molecule has 8 nitrogen and oxygen atoms in total. The first-order chi connectivity index (χ1) is 16.0. The Morgan fingerprint density at radius 1 is 1.00 bits per heavy atom. The molecule has 0 aromatic heterocycles. The van der Waals surface area contributed by atoms with E-state index in [1.807, 2.05) is 55.5 Å². The number of carbonyl (C=O) groups is 4. The lowest BCUT2D eigenvalue weighted by Gasteiger charge is -2.25. The molecule has 33 heavy (non-hydrogen) atoms. The number of imide groups is 1. The van der Waals surface area contributed by atoms with Crippen molar-refractivity contribution in [1.29, 1.82) is 0 Å². The molecule has 0 bridgehead atoms. The summed E-state index contributed by atoms with van der Waals surface area (Å²) in [7, 11) is 0. The summed E-state index contributed by atoms with van der Waals surface area (Å²) in [6, 6.07) is 17.6. The van der Waals surface area contributed by atoms with E-state index in [0.717, 1.165) is 21.6 Å². The number of urea groups is 1. The van der Waals surface area contributed by atoms with Crippen LogP contribution in [0.25, 0.3) is 11.1 Å². The molecule has 2 saturated heterocycles. The molecule has 0 aliphatic carbocycles. The lowest BCUT2D eigenvalue weighted by molar-refractivity contribution is -0.137. The lowest BCUT2D eigenvalue weighted by atomic mass is 9.94. The van der Waals surface area contributed by atoms with Crippen LogP contribution in [-0.2, 0) is 20.8 Å². The van der Waals surface area contributed by atoms with Crippen LogP contribution in [-0.4, -0.2) is 77.7 Å². The summed E-state index contributed by atoms with van der Waals surface area (Å²) in [6.45, 7) is 3.16. The van der Waals surface area contributed by atoms with Gasteiger partial charge in [0.1, 0.15) is 6.54 Å². The fraction of sp³-hybridized carbons (Fsp3) is 0.360. The first-order valence-electron chi connectivity index (χ1n) is 11.3. The van der Waals surface area contributed by atoms with Crippen LogP contribution in [0.1, 0.15) is 12.5 Å². The number of amides is 5. The average Bonchev–Trinajstić information content (AvgIpc) is 3.05. The highest BCUT2D eigenvalue weighted by Gasteiger charge is 2.35. The Morgan fingerprint density at radius 2 is 1.76 bits per heavy atom. The van der Waals surface area contributed by atoms with E-state index in [-0.39, 0.29) is 31.4 Å². The zero-order chi connectivity index (χ0) is 23.4. The largest absolute Gasteiger partial charge is 0.341 e. The molecule has 0 unspecified atom stereocenters. The van der Waals surface area contributed by atoms with Crippen LogP contribution in [0, 0.1) is 5.92 Å². The highest BCUT2D eigenvalue weighted by atomic mass is 16.2. The second kappa shape index (κ2) is 9.85. The number of hydrogen-bond donors (Lipinski definition) is 1. The zero-order valence-electron chi connectivity index (χ0n) is 18.7. The molecule has 2 fully saturated rings. The topological polar surface area (TPSA) is 90.0 Å². The van der Waals surface area contributed by atoms with Crippen LogP contribution in [0.4, 0.5) is 4.79 Å². The summed E-state index contributed by atoms with van der Waals surface area (Å²) < 4.78 is 0. The van der Waals surface area contributed by atoms with E-state index in [2.05, 4.69) is 11.4 Å². The number of benzene rings is 2. The van der Waals surface area contributed by atoms with Crippen LogP contribution in [0.5, 0.6) is 0 Å². The van der Waals surface area contributed by atoms with Crippen molar-refractivity contribution in [3.63, 3.8) is 0 Å². The standard InChI is InChI=1S/C25H28N4O4/c1-2-27-11-12-28(23(31)17-29-22(30)15-26-25(29)33)16-21(24(27)32)14-18-7-6-10-20(13-18)19-8-4-3-5-9-19/h3-10,13,21H,2,11-12,14-17H2,1H3,(H,26,33)/t21-/m1/s1. The minimum atomic E-state index is -0.552. The van der Waals surface area contributed by atoms with Gasteiger partial charge in [0.05, 0.1) is 12.5 Å². The maximum atomic E-state index is 13.2. The molecule has 2 aliphatic rings. The Hall–Kier alpha value is -3.68. The normalized spacial score (nSPS) is 19.0. The van der Waals surface area contributed by atoms with Crippen molar-refractivity contribution in [2.24, 2.45) is 5.92 Å². The van der Waals surface area contributed by atoms with Crippen LogP contribution >= 0.6 is 0 Å². The highest BCUT2D eigenvalue weighted by molar-refractivity contribution is 6.04. The fourth-order valence-electron chi connectivity index (χ4n) is 4.38. The Labute approximate surface area is 193 Å². The second-order valence-corrected chi connectivity index (χ2v) is 8.36. The van der Waals surface area contributed by atoms with Crippen molar-refractivity contribution in [2.45, 2.75) is 13.3 Å². The summed E-state index contributed by atoms with van der Waals surface area (Å²) in [4.78, 5) is 54.2. The molecular formula is C25H28N4O4. The Balaban J connectivity index is 1.52. The molecule has 2 aromatic carbocycles. The summed E-state index contributed by atoms with van der Waals surface area (Å²) in [5.74, 6) is -1.11. The maximum absolute atomic E-state index is 13.2. The molecule has 5 amide bonds. The molecule has 0 saturated carbocycles.